The maximum Gasteiger partial charge on any atom is 0.163 e. The van der Waals surface area contributed by atoms with Crippen LogP contribution in [0.2, 0.25) is 0 Å². The molecule has 0 unspecified atom stereocenters. The molecular formula is C15H15F2NO. The summed E-state index contributed by atoms with van der Waals surface area (Å²) >= 11 is 0. The second-order valence-corrected chi connectivity index (χ2v) is 4.43. The van der Waals surface area contributed by atoms with E-state index < -0.39 is 23.8 Å². The van der Waals surface area contributed by atoms with Crippen molar-refractivity contribution in [3.63, 3.8) is 0 Å². The lowest BCUT2D eigenvalue weighted by Crippen LogP contribution is -2.29. The number of hydrogen-bond acceptors (Lipinski definition) is 2. The van der Waals surface area contributed by atoms with E-state index in [1.54, 1.807) is 0 Å². The molecule has 0 aliphatic heterocycles. The molecular weight excluding hydrogens is 248 g/mol. The summed E-state index contributed by atoms with van der Waals surface area (Å²) in [6, 6.07) is 12.1. The van der Waals surface area contributed by atoms with Crippen LogP contribution < -0.4 is 5.73 Å². The van der Waals surface area contributed by atoms with Crippen molar-refractivity contribution in [2.75, 3.05) is 0 Å². The zero-order chi connectivity index (χ0) is 13.8. The molecule has 19 heavy (non-hydrogen) atoms. The Bertz CT molecular complexity index is 545. The number of aliphatic hydroxyl groups excluding tert-OH is 1. The van der Waals surface area contributed by atoms with E-state index in [0.29, 0.717) is 0 Å². The van der Waals surface area contributed by atoms with Crippen molar-refractivity contribution in [1.82, 2.24) is 0 Å². The fourth-order valence-electron chi connectivity index (χ4n) is 1.97. The molecule has 0 heterocycles. The first-order valence-corrected chi connectivity index (χ1v) is 6.01. The topological polar surface area (TPSA) is 46.2 Å². The van der Waals surface area contributed by atoms with Crippen molar-refractivity contribution < 1.29 is 13.9 Å². The molecule has 0 bridgehead atoms. The van der Waals surface area contributed by atoms with Crippen LogP contribution in [0.15, 0.2) is 48.5 Å². The smallest absolute Gasteiger partial charge is 0.163 e. The molecule has 0 radical (unpaired) electrons. The monoisotopic (exact) mass is 263 g/mol. The van der Waals surface area contributed by atoms with Gasteiger partial charge in [-0.1, -0.05) is 42.5 Å². The van der Waals surface area contributed by atoms with Crippen LogP contribution in [0.5, 0.6) is 0 Å². The van der Waals surface area contributed by atoms with Crippen LogP contribution in [0.1, 0.15) is 17.2 Å². The van der Waals surface area contributed by atoms with E-state index in [2.05, 4.69) is 0 Å². The van der Waals surface area contributed by atoms with Gasteiger partial charge in [0.25, 0.3) is 0 Å². The van der Waals surface area contributed by atoms with Crippen LogP contribution in [0.4, 0.5) is 8.78 Å². The molecule has 2 nitrogen and oxygen atoms in total. The van der Waals surface area contributed by atoms with Crippen molar-refractivity contribution in [2.45, 2.75) is 18.6 Å². The number of aliphatic hydroxyl groups is 1. The fraction of sp³-hybridized carbons (Fsp3) is 0.200. The minimum Gasteiger partial charge on any atom is -0.391 e. The normalized spacial score (nSPS) is 14.1. The van der Waals surface area contributed by atoms with Crippen molar-refractivity contribution >= 4 is 0 Å². The number of hydrogen-bond donors (Lipinski definition) is 2. The minimum atomic E-state index is -0.998. The average Bonchev–Trinajstić information content (AvgIpc) is 2.42. The second-order valence-electron chi connectivity index (χ2n) is 4.43. The highest BCUT2D eigenvalue weighted by Crippen LogP contribution is 2.22. The van der Waals surface area contributed by atoms with Gasteiger partial charge in [0.05, 0.1) is 12.1 Å². The van der Waals surface area contributed by atoms with Crippen LogP contribution in [0.3, 0.4) is 0 Å². The Kier molecular flexibility index (Phi) is 4.24. The molecule has 0 amide bonds. The number of nitrogens with two attached hydrogens (primary N) is 1. The van der Waals surface area contributed by atoms with Crippen LogP contribution in [0.25, 0.3) is 0 Å². The van der Waals surface area contributed by atoms with E-state index in [4.69, 9.17) is 5.73 Å². The van der Waals surface area contributed by atoms with Gasteiger partial charge in [0.1, 0.15) is 0 Å². The van der Waals surface area contributed by atoms with Gasteiger partial charge in [-0.05, 0) is 11.6 Å². The van der Waals surface area contributed by atoms with E-state index >= 15 is 0 Å². The molecule has 0 saturated carbocycles. The van der Waals surface area contributed by atoms with E-state index in [1.807, 2.05) is 30.3 Å². The summed E-state index contributed by atoms with van der Waals surface area (Å²) in [4.78, 5) is 0. The molecule has 4 heteroatoms. The van der Waals surface area contributed by atoms with Gasteiger partial charge in [0, 0.05) is 12.0 Å². The summed E-state index contributed by atoms with van der Waals surface area (Å²) in [5, 5.41) is 10.0. The van der Waals surface area contributed by atoms with Crippen molar-refractivity contribution in [3.05, 3.63) is 71.3 Å². The highest BCUT2D eigenvalue weighted by molar-refractivity contribution is 5.24. The maximum atomic E-state index is 13.6. The first-order chi connectivity index (χ1) is 9.09. The molecule has 0 aliphatic carbocycles. The molecule has 2 atom stereocenters. The summed E-state index contributed by atoms with van der Waals surface area (Å²) in [6.45, 7) is 0. The van der Waals surface area contributed by atoms with Gasteiger partial charge in [-0.15, -0.1) is 0 Å². The van der Waals surface area contributed by atoms with Gasteiger partial charge in [0.2, 0.25) is 0 Å². The molecule has 2 rings (SSSR count). The molecule has 0 spiro atoms. The van der Waals surface area contributed by atoms with E-state index in [-0.39, 0.29) is 12.0 Å². The Balaban J connectivity index is 2.15. The van der Waals surface area contributed by atoms with Crippen molar-refractivity contribution in [3.8, 4) is 0 Å². The minimum absolute atomic E-state index is 0.0107. The van der Waals surface area contributed by atoms with Crippen molar-refractivity contribution in [2.24, 2.45) is 5.73 Å². The highest BCUT2D eigenvalue weighted by Gasteiger charge is 2.21. The lowest BCUT2D eigenvalue weighted by atomic mass is 9.96. The third kappa shape index (κ3) is 3.16. The van der Waals surface area contributed by atoms with E-state index in [1.165, 1.54) is 12.1 Å². The summed E-state index contributed by atoms with van der Waals surface area (Å²) in [5.74, 6) is -1.96. The summed E-state index contributed by atoms with van der Waals surface area (Å²) in [7, 11) is 0. The standard InChI is InChI=1S/C15H15F2NO/c16-12-8-4-7-11(14(12)17)15(18)13(19)9-10-5-2-1-3-6-10/h1-8,13,15,19H,9,18H2/t13-,15+/m0/s1. The first-order valence-electron chi connectivity index (χ1n) is 6.01. The zero-order valence-corrected chi connectivity index (χ0v) is 10.3. The van der Waals surface area contributed by atoms with Gasteiger partial charge >= 0.3 is 0 Å². The molecule has 0 fully saturated rings. The fourth-order valence-corrected chi connectivity index (χ4v) is 1.97. The molecule has 100 valence electrons. The predicted octanol–water partition coefficient (Wildman–Crippen LogP) is 2.57. The number of benzene rings is 2. The largest absolute Gasteiger partial charge is 0.391 e. The molecule has 2 aromatic carbocycles. The van der Waals surface area contributed by atoms with Gasteiger partial charge in [0.15, 0.2) is 11.6 Å². The van der Waals surface area contributed by atoms with E-state index in [0.717, 1.165) is 11.6 Å². The highest BCUT2D eigenvalue weighted by atomic mass is 19.2. The Morgan fingerprint density at radius 2 is 1.68 bits per heavy atom. The summed E-state index contributed by atoms with van der Waals surface area (Å²) < 4.78 is 26.7. The first kappa shape index (κ1) is 13.6. The molecule has 0 aromatic heterocycles. The molecule has 2 aromatic rings. The maximum absolute atomic E-state index is 13.6. The lowest BCUT2D eigenvalue weighted by Gasteiger charge is -2.20. The van der Waals surface area contributed by atoms with Gasteiger partial charge in [-0.25, -0.2) is 8.78 Å². The van der Waals surface area contributed by atoms with Crippen LogP contribution in [0, 0.1) is 11.6 Å². The van der Waals surface area contributed by atoms with Gasteiger partial charge in [-0.2, -0.15) is 0 Å². The Morgan fingerprint density at radius 1 is 1.00 bits per heavy atom. The SMILES string of the molecule is N[C@H](c1cccc(F)c1F)[C@@H](O)Cc1ccccc1. The Labute approximate surface area is 110 Å². The summed E-state index contributed by atoms with van der Waals surface area (Å²) in [6.07, 6.45) is -0.684. The van der Waals surface area contributed by atoms with Crippen LogP contribution >= 0.6 is 0 Å². The second kappa shape index (κ2) is 5.91. The van der Waals surface area contributed by atoms with Gasteiger partial charge < -0.3 is 10.8 Å². The average molecular weight is 263 g/mol. The number of rotatable bonds is 4. The Hall–Kier alpha value is -1.78. The van der Waals surface area contributed by atoms with Gasteiger partial charge in [-0.3, -0.25) is 0 Å². The van der Waals surface area contributed by atoms with E-state index in [9.17, 15) is 13.9 Å². The molecule has 0 aliphatic rings. The van der Waals surface area contributed by atoms with Crippen LogP contribution in [-0.4, -0.2) is 11.2 Å². The Morgan fingerprint density at radius 3 is 2.37 bits per heavy atom. The third-order valence-corrected chi connectivity index (χ3v) is 3.04. The predicted molar refractivity (Wildman–Crippen MR) is 69.4 cm³/mol. The molecule has 0 saturated heterocycles. The third-order valence-electron chi connectivity index (χ3n) is 3.04. The van der Waals surface area contributed by atoms with Crippen LogP contribution in [-0.2, 0) is 6.42 Å². The quantitative estimate of drug-likeness (QED) is 0.890. The van der Waals surface area contributed by atoms with Crippen molar-refractivity contribution in [1.29, 1.82) is 0 Å². The molecule has 3 N–H and O–H groups in total. The lowest BCUT2D eigenvalue weighted by molar-refractivity contribution is 0.143. The zero-order valence-electron chi connectivity index (χ0n) is 10.3. The summed E-state index contributed by atoms with van der Waals surface area (Å²) in [5.41, 5.74) is 6.68. The number of halogens is 2.